The fourth-order valence-electron chi connectivity index (χ4n) is 3.08. The molecule has 1 fully saturated rings. The van der Waals surface area contributed by atoms with Gasteiger partial charge in [-0.3, -0.25) is 4.79 Å². The number of ether oxygens (including phenoxy) is 2. The van der Waals surface area contributed by atoms with Crippen molar-refractivity contribution in [2.45, 2.75) is 57.3 Å². The van der Waals surface area contributed by atoms with E-state index in [2.05, 4.69) is 5.32 Å². The van der Waals surface area contributed by atoms with Gasteiger partial charge in [0.25, 0.3) is 0 Å². The average Bonchev–Trinajstić information content (AvgIpc) is 2.69. The third-order valence-corrected chi connectivity index (χ3v) is 4.91. The van der Waals surface area contributed by atoms with Gasteiger partial charge in [-0.1, -0.05) is 60.7 Å². The van der Waals surface area contributed by atoms with Crippen molar-refractivity contribution in [1.29, 1.82) is 0 Å². The molecule has 5 heteroatoms. The lowest BCUT2D eigenvalue weighted by Gasteiger charge is -2.25. The first-order valence-electron chi connectivity index (χ1n) is 9.89. The van der Waals surface area contributed by atoms with Gasteiger partial charge in [-0.15, -0.1) is 0 Å². The molecule has 5 nitrogen and oxygen atoms in total. The Bertz CT molecular complexity index is 744. The highest BCUT2D eigenvalue weighted by Gasteiger charge is 2.22. The number of carbonyl (C=O) groups is 2. The Kier molecular flexibility index (Phi) is 7.47. The molecular formula is C23H27NO4. The first kappa shape index (κ1) is 19.9. The summed E-state index contributed by atoms with van der Waals surface area (Å²) in [5, 5.41) is 2.90. The number of hydrogen-bond donors (Lipinski definition) is 1. The predicted octanol–water partition coefficient (Wildman–Crippen LogP) is 4.40. The third-order valence-electron chi connectivity index (χ3n) is 4.91. The van der Waals surface area contributed by atoms with Gasteiger partial charge in [-0.2, -0.15) is 0 Å². The summed E-state index contributed by atoms with van der Waals surface area (Å²) in [4.78, 5) is 24.3. The van der Waals surface area contributed by atoms with E-state index < -0.39 is 6.09 Å². The Hall–Kier alpha value is -2.82. The van der Waals surface area contributed by atoms with E-state index in [1.165, 1.54) is 0 Å². The highest BCUT2D eigenvalue weighted by atomic mass is 16.6. The molecule has 1 saturated carbocycles. The van der Waals surface area contributed by atoms with Crippen LogP contribution in [0.1, 0.15) is 43.2 Å². The van der Waals surface area contributed by atoms with Crippen LogP contribution in [0.2, 0.25) is 0 Å². The van der Waals surface area contributed by atoms with Crippen molar-refractivity contribution >= 4 is 12.1 Å². The molecule has 1 atom stereocenters. The van der Waals surface area contributed by atoms with Crippen LogP contribution in [0.25, 0.3) is 0 Å². The molecular weight excluding hydrogens is 354 g/mol. The van der Waals surface area contributed by atoms with Gasteiger partial charge in [0.05, 0.1) is 0 Å². The summed E-state index contributed by atoms with van der Waals surface area (Å²) in [5.74, 6) is -0.192. The molecule has 1 aliphatic carbocycles. The fraction of sp³-hybridized carbons (Fsp3) is 0.391. The van der Waals surface area contributed by atoms with Crippen molar-refractivity contribution in [2.75, 3.05) is 0 Å². The van der Waals surface area contributed by atoms with E-state index >= 15 is 0 Å². The molecule has 2 aromatic rings. The number of esters is 1. The molecule has 0 aromatic heterocycles. The molecule has 3 rings (SSSR count). The maximum Gasteiger partial charge on any atom is 0.407 e. The lowest BCUT2D eigenvalue weighted by Crippen LogP contribution is -2.37. The second kappa shape index (κ2) is 10.5. The van der Waals surface area contributed by atoms with Gasteiger partial charge >= 0.3 is 12.1 Å². The summed E-state index contributed by atoms with van der Waals surface area (Å²) in [6, 6.07) is 19.3. The standard InChI is InChI=1S/C23H27NO4/c25-22(28-21-12-7-13-21)15-14-20(16-18-8-3-1-4-9-18)24-23(26)27-17-19-10-5-2-6-11-19/h1-6,8-11,20-21H,7,12-17H2,(H,24,26)/t20-/m0/s1. The third kappa shape index (κ3) is 6.72. The lowest BCUT2D eigenvalue weighted by atomic mass is 9.96. The number of hydrogen-bond acceptors (Lipinski definition) is 4. The van der Waals surface area contributed by atoms with Crippen molar-refractivity contribution in [3.8, 4) is 0 Å². The van der Waals surface area contributed by atoms with Crippen LogP contribution in [-0.4, -0.2) is 24.2 Å². The molecule has 0 radical (unpaired) electrons. The minimum atomic E-state index is -0.475. The Morgan fingerprint density at radius 1 is 0.964 bits per heavy atom. The van der Waals surface area contributed by atoms with Crippen molar-refractivity contribution in [2.24, 2.45) is 0 Å². The summed E-state index contributed by atoms with van der Waals surface area (Å²) in [7, 11) is 0. The second-order valence-electron chi connectivity index (χ2n) is 7.17. The van der Waals surface area contributed by atoms with Crippen LogP contribution in [0, 0.1) is 0 Å². The SMILES string of the molecule is O=C(CC[C@@H](Cc1ccccc1)NC(=O)OCc1ccccc1)OC1CCC1. The number of nitrogens with one attached hydrogen (secondary N) is 1. The number of benzene rings is 2. The molecule has 0 bridgehead atoms. The van der Waals surface area contributed by atoms with Crippen LogP contribution in [0.15, 0.2) is 60.7 Å². The highest BCUT2D eigenvalue weighted by Crippen LogP contribution is 2.22. The number of carbonyl (C=O) groups excluding carboxylic acids is 2. The fourth-order valence-corrected chi connectivity index (χ4v) is 3.08. The molecule has 1 N–H and O–H groups in total. The predicted molar refractivity (Wildman–Crippen MR) is 107 cm³/mol. The Morgan fingerprint density at radius 2 is 1.61 bits per heavy atom. The molecule has 0 saturated heterocycles. The summed E-state index contributed by atoms with van der Waals surface area (Å²) >= 11 is 0. The van der Waals surface area contributed by atoms with E-state index in [9.17, 15) is 9.59 Å². The zero-order valence-corrected chi connectivity index (χ0v) is 16.0. The van der Waals surface area contributed by atoms with E-state index in [0.717, 1.165) is 30.4 Å². The van der Waals surface area contributed by atoms with Gasteiger partial charge in [0, 0.05) is 12.5 Å². The quantitative estimate of drug-likeness (QED) is 0.654. The molecule has 0 heterocycles. The summed E-state index contributed by atoms with van der Waals surface area (Å²) < 4.78 is 10.7. The minimum absolute atomic E-state index is 0.0869. The maximum atomic E-state index is 12.2. The van der Waals surface area contributed by atoms with Gasteiger partial charge in [0.2, 0.25) is 0 Å². The van der Waals surface area contributed by atoms with Crippen LogP contribution in [-0.2, 0) is 27.3 Å². The lowest BCUT2D eigenvalue weighted by molar-refractivity contribution is -0.153. The molecule has 2 aromatic carbocycles. The van der Waals surface area contributed by atoms with E-state index in [-0.39, 0.29) is 31.1 Å². The van der Waals surface area contributed by atoms with Crippen molar-refractivity contribution in [3.63, 3.8) is 0 Å². The highest BCUT2D eigenvalue weighted by molar-refractivity contribution is 5.70. The van der Waals surface area contributed by atoms with Crippen LogP contribution >= 0.6 is 0 Å². The summed E-state index contributed by atoms with van der Waals surface area (Å²) in [6.07, 6.45) is 4.10. The number of rotatable bonds is 9. The summed E-state index contributed by atoms with van der Waals surface area (Å²) in [5.41, 5.74) is 2.03. The van der Waals surface area contributed by atoms with E-state index in [4.69, 9.17) is 9.47 Å². The molecule has 0 aliphatic heterocycles. The Morgan fingerprint density at radius 3 is 2.21 bits per heavy atom. The topological polar surface area (TPSA) is 64.6 Å². The normalized spacial score (nSPS) is 14.6. The van der Waals surface area contributed by atoms with E-state index in [1.54, 1.807) is 0 Å². The van der Waals surface area contributed by atoms with Crippen molar-refractivity contribution in [3.05, 3.63) is 71.8 Å². The van der Waals surface area contributed by atoms with Gasteiger partial charge in [0.15, 0.2) is 0 Å². The Labute approximate surface area is 166 Å². The molecule has 0 unspecified atom stereocenters. The second-order valence-corrected chi connectivity index (χ2v) is 7.17. The molecule has 0 spiro atoms. The summed E-state index contributed by atoms with van der Waals surface area (Å²) in [6.45, 7) is 0.217. The molecule has 1 aliphatic rings. The van der Waals surface area contributed by atoms with Crippen molar-refractivity contribution in [1.82, 2.24) is 5.32 Å². The first-order valence-corrected chi connectivity index (χ1v) is 9.89. The maximum absolute atomic E-state index is 12.2. The zero-order valence-electron chi connectivity index (χ0n) is 16.0. The number of alkyl carbamates (subject to hydrolysis) is 1. The van der Waals surface area contributed by atoms with Crippen LogP contribution in [0.3, 0.4) is 0 Å². The Balaban J connectivity index is 1.50. The minimum Gasteiger partial charge on any atom is -0.462 e. The van der Waals surface area contributed by atoms with Crippen LogP contribution in [0.5, 0.6) is 0 Å². The zero-order chi connectivity index (χ0) is 19.6. The average molecular weight is 381 g/mol. The number of amides is 1. The molecule has 148 valence electrons. The van der Waals surface area contributed by atoms with E-state index in [1.807, 2.05) is 60.7 Å². The first-order chi connectivity index (χ1) is 13.7. The van der Waals surface area contributed by atoms with Gasteiger partial charge in [0.1, 0.15) is 12.7 Å². The van der Waals surface area contributed by atoms with Crippen LogP contribution < -0.4 is 5.32 Å². The van der Waals surface area contributed by atoms with Crippen molar-refractivity contribution < 1.29 is 19.1 Å². The van der Waals surface area contributed by atoms with Gasteiger partial charge in [-0.25, -0.2) is 4.79 Å². The van der Waals surface area contributed by atoms with Gasteiger partial charge < -0.3 is 14.8 Å². The monoisotopic (exact) mass is 381 g/mol. The molecule has 28 heavy (non-hydrogen) atoms. The van der Waals surface area contributed by atoms with Gasteiger partial charge in [-0.05, 0) is 43.2 Å². The van der Waals surface area contributed by atoms with E-state index in [0.29, 0.717) is 12.8 Å². The van der Waals surface area contributed by atoms with Crippen LogP contribution in [0.4, 0.5) is 4.79 Å². The smallest absolute Gasteiger partial charge is 0.407 e. The largest absolute Gasteiger partial charge is 0.462 e. The molecule has 1 amide bonds.